The molecule has 1 aliphatic heterocycles. The number of hydrogen-bond acceptors (Lipinski definition) is 3. The van der Waals surface area contributed by atoms with E-state index in [2.05, 4.69) is 39.6 Å². The zero-order valence-corrected chi connectivity index (χ0v) is 11.3. The molecule has 2 aromatic rings. The smallest absolute Gasteiger partial charge is 0.251 e. The van der Waals surface area contributed by atoms with Crippen LogP contribution in [0.4, 0.5) is 0 Å². The lowest BCUT2D eigenvalue weighted by Crippen LogP contribution is -2.42. The van der Waals surface area contributed by atoms with Crippen molar-refractivity contribution in [3.63, 3.8) is 0 Å². The molecule has 2 aliphatic rings. The number of nitrogens with zero attached hydrogens (tertiary/aromatic N) is 2. The minimum absolute atomic E-state index is 0.0296. The van der Waals surface area contributed by atoms with Gasteiger partial charge in [0.15, 0.2) is 0 Å². The summed E-state index contributed by atoms with van der Waals surface area (Å²) in [6.07, 6.45) is 3.64. The van der Waals surface area contributed by atoms with E-state index in [0.717, 1.165) is 29.8 Å². The van der Waals surface area contributed by atoms with Gasteiger partial charge in [-0.2, -0.15) is 5.10 Å². The van der Waals surface area contributed by atoms with Crippen molar-refractivity contribution in [3.05, 3.63) is 47.0 Å². The highest BCUT2D eigenvalue weighted by Gasteiger charge is 2.47. The molecule has 1 fully saturated rings. The summed E-state index contributed by atoms with van der Waals surface area (Å²) in [5.74, 6) is 1.61. The van der Waals surface area contributed by atoms with Gasteiger partial charge >= 0.3 is 0 Å². The van der Waals surface area contributed by atoms with Crippen molar-refractivity contribution in [2.45, 2.75) is 31.7 Å². The molecule has 2 heterocycles. The van der Waals surface area contributed by atoms with E-state index < -0.39 is 0 Å². The van der Waals surface area contributed by atoms with Crippen LogP contribution in [0.3, 0.4) is 0 Å². The molecule has 1 aliphatic carbocycles. The third-order valence-electron chi connectivity index (χ3n) is 4.61. The number of amides is 1. The number of carbonyl (C=O) groups excluding carboxylic acids is 1. The van der Waals surface area contributed by atoms with E-state index in [1.54, 1.807) is 6.33 Å². The summed E-state index contributed by atoms with van der Waals surface area (Å²) in [4.78, 5) is 16.2. The molecule has 102 valence electrons. The molecule has 1 aromatic heterocycles. The van der Waals surface area contributed by atoms with Gasteiger partial charge in [0.05, 0.1) is 5.41 Å². The van der Waals surface area contributed by atoms with Gasteiger partial charge in [0.25, 0.3) is 5.91 Å². The standard InChI is InChI=1S/C15H16N4O/c1-9-5-15(6-9,14-17-8-18-19-14)11-3-2-10-7-16-13(20)12(10)4-11/h2-4,8-9H,5-7H2,1H3,(H,16,20)(H,17,18,19). The van der Waals surface area contributed by atoms with Crippen LogP contribution in [0, 0.1) is 5.92 Å². The van der Waals surface area contributed by atoms with Crippen LogP contribution in [0.25, 0.3) is 0 Å². The van der Waals surface area contributed by atoms with Gasteiger partial charge in [-0.05, 0) is 36.0 Å². The average molecular weight is 268 g/mol. The fourth-order valence-corrected chi connectivity index (χ4v) is 3.64. The number of fused-ring (bicyclic) bond motifs is 1. The van der Waals surface area contributed by atoms with Crippen LogP contribution in [-0.2, 0) is 12.0 Å². The van der Waals surface area contributed by atoms with E-state index in [4.69, 9.17) is 0 Å². The van der Waals surface area contributed by atoms with Gasteiger partial charge in [0, 0.05) is 12.1 Å². The number of nitrogens with one attached hydrogen (secondary N) is 2. The van der Waals surface area contributed by atoms with Crippen LogP contribution in [0.15, 0.2) is 24.5 Å². The first-order valence-corrected chi connectivity index (χ1v) is 6.96. The monoisotopic (exact) mass is 268 g/mol. The maximum Gasteiger partial charge on any atom is 0.251 e. The number of carbonyl (C=O) groups is 1. The lowest BCUT2D eigenvalue weighted by molar-refractivity contribution is 0.0965. The fourth-order valence-electron chi connectivity index (χ4n) is 3.64. The Labute approximate surface area is 116 Å². The van der Waals surface area contributed by atoms with Gasteiger partial charge in [-0.25, -0.2) is 4.98 Å². The topological polar surface area (TPSA) is 70.7 Å². The highest BCUT2D eigenvalue weighted by atomic mass is 16.1. The molecule has 5 heteroatoms. The Hall–Kier alpha value is -2.17. The van der Waals surface area contributed by atoms with Crippen molar-refractivity contribution < 1.29 is 4.79 Å². The highest BCUT2D eigenvalue weighted by molar-refractivity contribution is 5.98. The molecule has 20 heavy (non-hydrogen) atoms. The molecule has 5 nitrogen and oxygen atoms in total. The first-order chi connectivity index (χ1) is 9.69. The van der Waals surface area contributed by atoms with Gasteiger partial charge in [-0.3, -0.25) is 9.89 Å². The van der Waals surface area contributed by atoms with Crippen molar-refractivity contribution in [1.82, 2.24) is 20.5 Å². The molecule has 0 radical (unpaired) electrons. The number of H-pyrrole nitrogens is 1. The molecule has 0 atom stereocenters. The normalized spacial score (nSPS) is 27.9. The summed E-state index contributed by atoms with van der Waals surface area (Å²) in [5.41, 5.74) is 2.95. The van der Waals surface area contributed by atoms with Crippen LogP contribution in [0.2, 0.25) is 0 Å². The summed E-state index contributed by atoms with van der Waals surface area (Å²) in [7, 11) is 0. The molecule has 4 rings (SSSR count). The Kier molecular flexibility index (Phi) is 2.28. The lowest BCUT2D eigenvalue weighted by Gasteiger charge is -2.45. The predicted molar refractivity (Wildman–Crippen MR) is 73.2 cm³/mol. The number of rotatable bonds is 2. The molecule has 0 bridgehead atoms. The van der Waals surface area contributed by atoms with Gasteiger partial charge in [0.2, 0.25) is 0 Å². The third-order valence-corrected chi connectivity index (χ3v) is 4.61. The van der Waals surface area contributed by atoms with Crippen molar-refractivity contribution in [2.75, 3.05) is 0 Å². The molecule has 2 N–H and O–H groups in total. The van der Waals surface area contributed by atoms with E-state index in [9.17, 15) is 4.79 Å². The zero-order chi connectivity index (χ0) is 13.7. The first-order valence-electron chi connectivity index (χ1n) is 6.96. The number of aromatic amines is 1. The maximum atomic E-state index is 11.9. The van der Waals surface area contributed by atoms with Crippen LogP contribution in [0.5, 0.6) is 0 Å². The number of benzene rings is 1. The summed E-state index contributed by atoms with van der Waals surface area (Å²) in [6.45, 7) is 2.88. The fraction of sp³-hybridized carbons (Fsp3) is 0.400. The maximum absolute atomic E-state index is 11.9. The van der Waals surface area contributed by atoms with Gasteiger partial charge < -0.3 is 5.32 Å². The SMILES string of the molecule is CC1CC(c2ccc3c(c2)C(=O)NC3)(c2ncn[nH]2)C1. The lowest BCUT2D eigenvalue weighted by atomic mass is 9.58. The van der Waals surface area contributed by atoms with Gasteiger partial charge in [0.1, 0.15) is 12.2 Å². The van der Waals surface area contributed by atoms with Crippen LogP contribution in [0.1, 0.15) is 47.1 Å². The Bertz CT molecular complexity index is 671. The Balaban J connectivity index is 1.83. The van der Waals surface area contributed by atoms with Crippen LogP contribution < -0.4 is 5.32 Å². The Morgan fingerprint density at radius 2 is 2.20 bits per heavy atom. The molecule has 1 saturated carbocycles. The van der Waals surface area contributed by atoms with Gasteiger partial charge in [-0.1, -0.05) is 19.1 Å². The minimum Gasteiger partial charge on any atom is -0.348 e. The Morgan fingerprint density at radius 3 is 2.90 bits per heavy atom. The summed E-state index contributed by atoms with van der Waals surface area (Å²) < 4.78 is 0. The van der Waals surface area contributed by atoms with Crippen molar-refractivity contribution in [3.8, 4) is 0 Å². The van der Waals surface area contributed by atoms with Crippen molar-refractivity contribution in [1.29, 1.82) is 0 Å². The van der Waals surface area contributed by atoms with E-state index in [1.807, 2.05) is 6.07 Å². The molecule has 0 saturated heterocycles. The number of hydrogen-bond donors (Lipinski definition) is 2. The molecular formula is C15H16N4O. The highest BCUT2D eigenvalue weighted by Crippen LogP contribution is 2.51. The second-order valence-electron chi connectivity index (χ2n) is 5.98. The minimum atomic E-state index is -0.103. The predicted octanol–water partition coefficient (Wildman–Crippen LogP) is 1.76. The quantitative estimate of drug-likeness (QED) is 0.872. The Morgan fingerprint density at radius 1 is 1.35 bits per heavy atom. The van der Waals surface area contributed by atoms with Gasteiger partial charge in [-0.15, -0.1) is 0 Å². The average Bonchev–Trinajstić information content (AvgIpc) is 3.05. The second kappa shape index (κ2) is 3.91. The van der Waals surface area contributed by atoms with E-state index in [1.165, 1.54) is 5.56 Å². The van der Waals surface area contributed by atoms with E-state index >= 15 is 0 Å². The summed E-state index contributed by atoms with van der Waals surface area (Å²) in [6, 6.07) is 6.23. The van der Waals surface area contributed by atoms with Crippen molar-refractivity contribution in [2.24, 2.45) is 5.92 Å². The summed E-state index contributed by atoms with van der Waals surface area (Å²) >= 11 is 0. The number of aromatic nitrogens is 3. The molecule has 1 aromatic carbocycles. The van der Waals surface area contributed by atoms with E-state index in [0.29, 0.717) is 12.5 Å². The first kappa shape index (κ1) is 11.6. The molecule has 0 spiro atoms. The third kappa shape index (κ3) is 1.46. The largest absolute Gasteiger partial charge is 0.348 e. The van der Waals surface area contributed by atoms with E-state index in [-0.39, 0.29) is 11.3 Å². The zero-order valence-electron chi connectivity index (χ0n) is 11.3. The molecule has 0 unspecified atom stereocenters. The summed E-state index contributed by atoms with van der Waals surface area (Å²) in [5, 5.41) is 9.88. The molecule has 1 amide bonds. The van der Waals surface area contributed by atoms with Crippen LogP contribution >= 0.6 is 0 Å². The second-order valence-corrected chi connectivity index (χ2v) is 5.98. The molecular weight excluding hydrogens is 252 g/mol. The van der Waals surface area contributed by atoms with Crippen molar-refractivity contribution >= 4 is 5.91 Å². The van der Waals surface area contributed by atoms with Crippen LogP contribution in [-0.4, -0.2) is 21.1 Å².